The molecule has 1 aliphatic rings. The molecule has 1 atom stereocenters. The quantitative estimate of drug-likeness (QED) is 0.811. The molecule has 0 saturated heterocycles. The molecule has 1 fully saturated rings. The molecule has 1 saturated carbocycles. The number of benzene rings is 1. The SMILES string of the molecule is CC(NS(=O)(=O)CCNC1CC1)c1cccc(Cl)c1. The lowest BCUT2D eigenvalue weighted by Gasteiger charge is -2.15. The third-order valence-corrected chi connectivity index (χ3v) is 4.78. The van der Waals surface area contributed by atoms with Gasteiger partial charge < -0.3 is 5.32 Å². The van der Waals surface area contributed by atoms with Crippen molar-refractivity contribution in [3.63, 3.8) is 0 Å². The molecule has 1 aliphatic carbocycles. The van der Waals surface area contributed by atoms with Crippen molar-refractivity contribution in [2.45, 2.75) is 31.8 Å². The highest BCUT2D eigenvalue weighted by atomic mass is 35.5. The molecule has 0 spiro atoms. The van der Waals surface area contributed by atoms with Crippen LogP contribution in [0.3, 0.4) is 0 Å². The normalized spacial score (nSPS) is 17.4. The Hall–Kier alpha value is -0.620. The predicted octanol–water partition coefficient (Wildman–Crippen LogP) is 2.07. The Kier molecular flexibility index (Phi) is 4.84. The second-order valence-corrected chi connectivity index (χ2v) is 7.25. The Morgan fingerprint density at radius 3 is 2.79 bits per heavy atom. The maximum absolute atomic E-state index is 11.9. The summed E-state index contributed by atoms with van der Waals surface area (Å²) < 4.78 is 26.5. The molecular formula is C13H19ClN2O2S. The molecule has 0 bridgehead atoms. The van der Waals surface area contributed by atoms with Crippen LogP contribution in [0.4, 0.5) is 0 Å². The summed E-state index contributed by atoms with van der Waals surface area (Å²) in [5.74, 6) is 0.106. The summed E-state index contributed by atoms with van der Waals surface area (Å²) >= 11 is 5.90. The molecule has 4 nitrogen and oxygen atoms in total. The molecular weight excluding hydrogens is 284 g/mol. The lowest BCUT2D eigenvalue weighted by Crippen LogP contribution is -2.34. The van der Waals surface area contributed by atoms with E-state index in [2.05, 4.69) is 10.0 Å². The van der Waals surface area contributed by atoms with Gasteiger partial charge in [-0.1, -0.05) is 23.7 Å². The summed E-state index contributed by atoms with van der Waals surface area (Å²) in [6.45, 7) is 2.32. The standard InChI is InChI=1S/C13H19ClN2O2S/c1-10(11-3-2-4-12(14)9-11)16-19(17,18)8-7-15-13-5-6-13/h2-4,9-10,13,15-16H,5-8H2,1H3. The number of rotatable bonds is 7. The van der Waals surface area contributed by atoms with Crippen molar-refractivity contribution in [3.05, 3.63) is 34.9 Å². The van der Waals surface area contributed by atoms with E-state index < -0.39 is 10.0 Å². The highest BCUT2D eigenvalue weighted by molar-refractivity contribution is 7.89. The van der Waals surface area contributed by atoms with Crippen LogP contribution >= 0.6 is 11.6 Å². The third kappa shape index (κ3) is 5.10. The van der Waals surface area contributed by atoms with Gasteiger partial charge in [0.25, 0.3) is 0 Å². The summed E-state index contributed by atoms with van der Waals surface area (Å²) in [7, 11) is -3.27. The van der Waals surface area contributed by atoms with Gasteiger partial charge in [0.15, 0.2) is 0 Å². The third-order valence-electron chi connectivity index (χ3n) is 3.09. The van der Waals surface area contributed by atoms with E-state index in [9.17, 15) is 8.42 Å². The molecule has 2 N–H and O–H groups in total. The Morgan fingerprint density at radius 2 is 2.16 bits per heavy atom. The minimum absolute atomic E-state index is 0.106. The molecule has 1 unspecified atom stereocenters. The van der Waals surface area contributed by atoms with Crippen LogP contribution in [0.1, 0.15) is 31.4 Å². The van der Waals surface area contributed by atoms with Gasteiger partial charge in [-0.2, -0.15) is 0 Å². The number of hydrogen-bond donors (Lipinski definition) is 2. The van der Waals surface area contributed by atoms with Crippen LogP contribution in [0.15, 0.2) is 24.3 Å². The molecule has 1 aromatic rings. The molecule has 0 aliphatic heterocycles. The van der Waals surface area contributed by atoms with Crippen molar-refractivity contribution in [1.29, 1.82) is 0 Å². The molecule has 0 amide bonds. The van der Waals surface area contributed by atoms with Gasteiger partial charge in [0.05, 0.1) is 5.75 Å². The fourth-order valence-corrected chi connectivity index (χ4v) is 3.24. The average molecular weight is 303 g/mol. The zero-order valence-electron chi connectivity index (χ0n) is 10.9. The van der Waals surface area contributed by atoms with Crippen molar-refractivity contribution in [2.75, 3.05) is 12.3 Å². The van der Waals surface area contributed by atoms with Crippen LogP contribution in [-0.4, -0.2) is 26.8 Å². The summed E-state index contributed by atoms with van der Waals surface area (Å²) in [6.07, 6.45) is 2.32. The van der Waals surface area contributed by atoms with Crippen molar-refractivity contribution in [1.82, 2.24) is 10.0 Å². The van der Waals surface area contributed by atoms with Gasteiger partial charge in [0.2, 0.25) is 10.0 Å². The van der Waals surface area contributed by atoms with E-state index in [1.54, 1.807) is 12.1 Å². The lowest BCUT2D eigenvalue weighted by atomic mass is 10.1. The molecule has 6 heteroatoms. The number of sulfonamides is 1. The second kappa shape index (κ2) is 6.22. The minimum Gasteiger partial charge on any atom is -0.313 e. The van der Waals surface area contributed by atoms with E-state index in [1.165, 1.54) is 0 Å². The van der Waals surface area contributed by atoms with Gasteiger partial charge in [-0.3, -0.25) is 0 Å². The van der Waals surface area contributed by atoms with E-state index in [4.69, 9.17) is 11.6 Å². The smallest absolute Gasteiger partial charge is 0.213 e. The summed E-state index contributed by atoms with van der Waals surface area (Å²) in [4.78, 5) is 0. The van der Waals surface area contributed by atoms with E-state index in [0.29, 0.717) is 17.6 Å². The molecule has 2 rings (SSSR count). The maximum Gasteiger partial charge on any atom is 0.213 e. The molecule has 1 aromatic carbocycles. The summed E-state index contributed by atoms with van der Waals surface area (Å²) in [5, 5.41) is 3.80. The Bertz CT molecular complexity index is 529. The van der Waals surface area contributed by atoms with Crippen molar-refractivity contribution in [3.8, 4) is 0 Å². The maximum atomic E-state index is 11.9. The van der Waals surface area contributed by atoms with E-state index in [-0.39, 0.29) is 11.8 Å². The zero-order chi connectivity index (χ0) is 13.9. The first-order valence-electron chi connectivity index (χ1n) is 6.45. The highest BCUT2D eigenvalue weighted by Gasteiger charge is 2.22. The summed E-state index contributed by atoms with van der Waals surface area (Å²) in [5.41, 5.74) is 0.867. The fourth-order valence-electron chi connectivity index (χ4n) is 1.86. The number of nitrogens with one attached hydrogen (secondary N) is 2. The largest absolute Gasteiger partial charge is 0.313 e. The first-order chi connectivity index (χ1) is 8.96. The van der Waals surface area contributed by atoms with Crippen LogP contribution < -0.4 is 10.0 Å². The van der Waals surface area contributed by atoms with Gasteiger partial charge >= 0.3 is 0 Å². The topological polar surface area (TPSA) is 58.2 Å². The van der Waals surface area contributed by atoms with Gasteiger partial charge in [-0.15, -0.1) is 0 Å². The average Bonchev–Trinajstić information content (AvgIpc) is 3.12. The molecule has 106 valence electrons. The van der Waals surface area contributed by atoms with Crippen LogP contribution in [0.25, 0.3) is 0 Å². The Labute approximate surface area is 119 Å². The lowest BCUT2D eigenvalue weighted by molar-refractivity contribution is 0.562. The summed E-state index contributed by atoms with van der Waals surface area (Å²) in [6, 6.07) is 7.48. The van der Waals surface area contributed by atoms with E-state index in [0.717, 1.165) is 18.4 Å². The first-order valence-corrected chi connectivity index (χ1v) is 8.48. The van der Waals surface area contributed by atoms with Gasteiger partial charge in [-0.05, 0) is 37.5 Å². The van der Waals surface area contributed by atoms with Crippen LogP contribution in [0.5, 0.6) is 0 Å². The van der Waals surface area contributed by atoms with Gasteiger partial charge in [-0.25, -0.2) is 13.1 Å². The fraction of sp³-hybridized carbons (Fsp3) is 0.538. The van der Waals surface area contributed by atoms with Crippen LogP contribution in [0, 0.1) is 0 Å². The Balaban J connectivity index is 1.87. The van der Waals surface area contributed by atoms with Gasteiger partial charge in [0.1, 0.15) is 0 Å². The van der Waals surface area contributed by atoms with Crippen LogP contribution in [-0.2, 0) is 10.0 Å². The van der Waals surface area contributed by atoms with Crippen LogP contribution in [0.2, 0.25) is 5.02 Å². The van der Waals surface area contributed by atoms with Crippen molar-refractivity contribution in [2.24, 2.45) is 0 Å². The minimum atomic E-state index is -3.27. The molecule has 0 aromatic heterocycles. The zero-order valence-corrected chi connectivity index (χ0v) is 12.5. The monoisotopic (exact) mass is 302 g/mol. The highest BCUT2D eigenvalue weighted by Crippen LogP contribution is 2.19. The number of hydrogen-bond acceptors (Lipinski definition) is 3. The van der Waals surface area contributed by atoms with E-state index in [1.807, 2.05) is 19.1 Å². The molecule has 0 radical (unpaired) electrons. The second-order valence-electron chi connectivity index (χ2n) is 4.94. The Morgan fingerprint density at radius 1 is 1.42 bits per heavy atom. The van der Waals surface area contributed by atoms with Crippen molar-refractivity contribution < 1.29 is 8.42 Å². The molecule has 0 heterocycles. The first kappa shape index (κ1) is 14.8. The molecule has 19 heavy (non-hydrogen) atoms. The van der Waals surface area contributed by atoms with E-state index >= 15 is 0 Å². The van der Waals surface area contributed by atoms with Crippen molar-refractivity contribution >= 4 is 21.6 Å². The predicted molar refractivity (Wildman–Crippen MR) is 77.8 cm³/mol. The number of halogens is 1. The van der Waals surface area contributed by atoms with Gasteiger partial charge in [0, 0.05) is 23.7 Å².